The van der Waals surface area contributed by atoms with Crippen LogP contribution in [0.15, 0.2) is 57.0 Å². The number of oxazole rings is 1. The third-order valence-electron chi connectivity index (χ3n) is 3.11. The second kappa shape index (κ2) is 6.66. The van der Waals surface area contributed by atoms with Gasteiger partial charge in [0.05, 0.1) is 15.6 Å². The van der Waals surface area contributed by atoms with Crippen molar-refractivity contribution in [1.29, 1.82) is 0 Å². The Hall–Kier alpha value is -1.70. The van der Waals surface area contributed by atoms with Gasteiger partial charge in [0.1, 0.15) is 5.52 Å². The van der Waals surface area contributed by atoms with Crippen molar-refractivity contribution in [3.05, 3.63) is 47.5 Å². The first-order chi connectivity index (χ1) is 11.3. The highest BCUT2D eigenvalue weighted by Crippen LogP contribution is 2.29. The predicted octanol–water partition coefficient (Wildman–Crippen LogP) is 4.78. The zero-order chi connectivity index (χ0) is 17.3. The molecule has 0 saturated heterocycles. The van der Waals surface area contributed by atoms with E-state index in [1.54, 1.807) is 30.3 Å². The topological polar surface area (TPSA) is 72.2 Å². The van der Waals surface area contributed by atoms with Crippen LogP contribution < -0.4 is 4.72 Å². The van der Waals surface area contributed by atoms with E-state index in [1.807, 2.05) is 13.8 Å². The smallest absolute Gasteiger partial charge is 0.262 e. The van der Waals surface area contributed by atoms with Crippen LogP contribution in [0.25, 0.3) is 11.1 Å². The summed E-state index contributed by atoms with van der Waals surface area (Å²) < 4.78 is 33.2. The third kappa shape index (κ3) is 3.68. The van der Waals surface area contributed by atoms with Gasteiger partial charge in [-0.15, -0.1) is 0 Å². The van der Waals surface area contributed by atoms with Crippen molar-refractivity contribution in [2.75, 3.05) is 4.72 Å². The molecule has 3 rings (SSSR count). The van der Waals surface area contributed by atoms with Gasteiger partial charge in [-0.2, -0.15) is 0 Å². The number of para-hydroxylation sites is 1. The first-order valence-electron chi connectivity index (χ1n) is 7.20. The van der Waals surface area contributed by atoms with E-state index < -0.39 is 10.0 Å². The van der Waals surface area contributed by atoms with Gasteiger partial charge in [0.2, 0.25) is 0 Å². The molecule has 0 saturated carbocycles. The summed E-state index contributed by atoms with van der Waals surface area (Å²) in [5.41, 5.74) is 1.38. The van der Waals surface area contributed by atoms with E-state index >= 15 is 0 Å². The molecule has 0 aliphatic carbocycles. The van der Waals surface area contributed by atoms with Crippen molar-refractivity contribution >= 4 is 50.2 Å². The van der Waals surface area contributed by atoms with Crippen LogP contribution >= 0.6 is 23.4 Å². The summed E-state index contributed by atoms with van der Waals surface area (Å²) in [5.74, 6) is 0. The lowest BCUT2D eigenvalue weighted by Gasteiger charge is -2.09. The molecule has 0 amide bonds. The molecule has 3 aromatic rings. The van der Waals surface area contributed by atoms with Crippen molar-refractivity contribution in [3.8, 4) is 0 Å². The van der Waals surface area contributed by atoms with Crippen LogP contribution in [0.2, 0.25) is 5.02 Å². The van der Waals surface area contributed by atoms with Gasteiger partial charge in [0.15, 0.2) is 5.58 Å². The van der Waals surface area contributed by atoms with Crippen LogP contribution in [0.5, 0.6) is 0 Å². The van der Waals surface area contributed by atoms with E-state index in [4.69, 9.17) is 16.0 Å². The van der Waals surface area contributed by atoms with Crippen LogP contribution in [0, 0.1) is 0 Å². The molecular formula is C16H15ClN2O3S2. The van der Waals surface area contributed by atoms with Crippen LogP contribution in [0.3, 0.4) is 0 Å². The fraction of sp³-hybridized carbons (Fsp3) is 0.188. The lowest BCUT2D eigenvalue weighted by Crippen LogP contribution is -2.13. The molecule has 8 heteroatoms. The minimum atomic E-state index is -3.77. The second-order valence-corrected chi connectivity index (χ2v) is 8.98. The lowest BCUT2D eigenvalue weighted by atomic mass is 10.3. The van der Waals surface area contributed by atoms with Gasteiger partial charge in [0, 0.05) is 11.3 Å². The first kappa shape index (κ1) is 17.1. The monoisotopic (exact) mass is 382 g/mol. The molecule has 0 atom stereocenters. The minimum absolute atomic E-state index is 0.0900. The quantitative estimate of drug-likeness (QED) is 0.642. The molecule has 5 nitrogen and oxygen atoms in total. The van der Waals surface area contributed by atoms with Gasteiger partial charge in [0.25, 0.3) is 15.2 Å². The number of thioether (sulfide) groups is 1. The Labute approximate surface area is 149 Å². The number of nitrogens with one attached hydrogen (secondary N) is 1. The number of hydrogen-bond acceptors (Lipinski definition) is 5. The van der Waals surface area contributed by atoms with E-state index in [0.29, 0.717) is 32.3 Å². The third-order valence-corrected chi connectivity index (χ3v) is 5.65. The van der Waals surface area contributed by atoms with Crippen molar-refractivity contribution in [2.45, 2.75) is 29.2 Å². The molecule has 0 radical (unpaired) electrons. The van der Waals surface area contributed by atoms with Gasteiger partial charge < -0.3 is 4.42 Å². The number of benzene rings is 2. The summed E-state index contributed by atoms with van der Waals surface area (Å²) >= 11 is 7.49. The Morgan fingerprint density at radius 3 is 2.67 bits per heavy atom. The number of halogens is 1. The Morgan fingerprint density at radius 2 is 1.96 bits per heavy atom. The predicted molar refractivity (Wildman–Crippen MR) is 97.3 cm³/mol. The molecule has 1 heterocycles. The van der Waals surface area contributed by atoms with Crippen molar-refractivity contribution in [1.82, 2.24) is 4.98 Å². The van der Waals surface area contributed by atoms with Crippen LogP contribution in [0.1, 0.15) is 13.8 Å². The van der Waals surface area contributed by atoms with E-state index in [0.717, 1.165) is 0 Å². The molecule has 24 heavy (non-hydrogen) atoms. The SMILES string of the molecule is CC(C)Sc1nc2ccc(S(=O)(=O)Nc3ccccc3Cl)cc2o1. The van der Waals surface area contributed by atoms with Crippen molar-refractivity contribution < 1.29 is 12.8 Å². The molecule has 2 aromatic carbocycles. The maximum absolute atomic E-state index is 12.5. The Balaban J connectivity index is 1.94. The molecule has 0 unspecified atom stereocenters. The summed E-state index contributed by atoms with van der Waals surface area (Å²) in [4.78, 5) is 4.42. The largest absolute Gasteiger partial charge is 0.431 e. The fourth-order valence-electron chi connectivity index (χ4n) is 2.05. The molecule has 0 bridgehead atoms. The molecule has 0 spiro atoms. The number of sulfonamides is 1. The molecule has 0 aliphatic rings. The number of aromatic nitrogens is 1. The summed E-state index contributed by atoms with van der Waals surface area (Å²) in [7, 11) is -3.77. The van der Waals surface area contributed by atoms with Gasteiger partial charge >= 0.3 is 0 Å². The molecule has 0 aliphatic heterocycles. The molecule has 0 fully saturated rings. The number of hydrogen-bond donors (Lipinski definition) is 1. The maximum Gasteiger partial charge on any atom is 0.262 e. The molecule has 126 valence electrons. The highest BCUT2D eigenvalue weighted by Gasteiger charge is 2.18. The fourth-order valence-corrected chi connectivity index (χ4v) is 4.08. The summed E-state index contributed by atoms with van der Waals surface area (Å²) in [6.45, 7) is 4.06. The summed E-state index contributed by atoms with van der Waals surface area (Å²) in [6, 6.07) is 11.2. The second-order valence-electron chi connectivity index (χ2n) is 5.36. The Kier molecular flexibility index (Phi) is 4.76. The van der Waals surface area contributed by atoms with Crippen molar-refractivity contribution in [2.24, 2.45) is 0 Å². The van der Waals surface area contributed by atoms with Gasteiger partial charge in [-0.05, 0) is 24.3 Å². The number of anilines is 1. The minimum Gasteiger partial charge on any atom is -0.431 e. The number of nitrogens with zero attached hydrogens (tertiary/aromatic N) is 1. The van der Waals surface area contributed by atoms with Crippen molar-refractivity contribution in [3.63, 3.8) is 0 Å². The highest BCUT2D eigenvalue weighted by atomic mass is 35.5. The van der Waals surface area contributed by atoms with Crippen LogP contribution in [-0.2, 0) is 10.0 Å². The molecule has 1 aromatic heterocycles. The number of rotatable bonds is 5. The van der Waals surface area contributed by atoms with Gasteiger partial charge in [-0.25, -0.2) is 13.4 Å². The van der Waals surface area contributed by atoms with Gasteiger partial charge in [-0.3, -0.25) is 4.72 Å². The summed E-state index contributed by atoms with van der Waals surface area (Å²) in [6.07, 6.45) is 0. The van der Waals surface area contributed by atoms with Crippen LogP contribution in [-0.4, -0.2) is 18.7 Å². The first-order valence-corrected chi connectivity index (χ1v) is 9.94. The molecule has 1 N–H and O–H groups in total. The maximum atomic E-state index is 12.5. The molecular weight excluding hydrogens is 368 g/mol. The van der Waals surface area contributed by atoms with Crippen LogP contribution in [0.4, 0.5) is 5.69 Å². The van der Waals surface area contributed by atoms with E-state index in [-0.39, 0.29) is 4.90 Å². The lowest BCUT2D eigenvalue weighted by molar-refractivity contribution is 0.488. The van der Waals surface area contributed by atoms with E-state index in [9.17, 15) is 8.42 Å². The average molecular weight is 383 g/mol. The highest BCUT2D eigenvalue weighted by molar-refractivity contribution is 7.99. The number of fused-ring (bicyclic) bond motifs is 1. The average Bonchev–Trinajstić information content (AvgIpc) is 2.89. The summed E-state index contributed by atoms with van der Waals surface area (Å²) in [5, 5.41) is 1.18. The normalized spacial score (nSPS) is 12.0. The van der Waals surface area contributed by atoms with E-state index in [2.05, 4.69) is 9.71 Å². The Morgan fingerprint density at radius 1 is 1.21 bits per heavy atom. The Bertz CT molecular complexity index is 984. The van der Waals surface area contributed by atoms with E-state index in [1.165, 1.54) is 23.9 Å². The van der Waals surface area contributed by atoms with Gasteiger partial charge in [-0.1, -0.05) is 49.3 Å². The zero-order valence-corrected chi connectivity index (χ0v) is 15.4. The standard InChI is InChI=1S/C16H15ClN2O3S2/c1-10(2)23-16-18-14-8-7-11(9-15(14)22-16)24(20,21)19-13-6-4-3-5-12(13)17/h3-10,19H,1-2H3. The zero-order valence-electron chi connectivity index (χ0n) is 13.0.